The van der Waals surface area contributed by atoms with E-state index < -0.39 is 0 Å². The van der Waals surface area contributed by atoms with Crippen molar-refractivity contribution in [2.24, 2.45) is 0 Å². The molecule has 1 N–H and O–H groups in total. The predicted molar refractivity (Wildman–Crippen MR) is 54.5 cm³/mol. The molecule has 0 aromatic carbocycles. The highest BCUT2D eigenvalue weighted by Gasteiger charge is 1.93. The molecule has 0 aliphatic carbocycles. The van der Waals surface area contributed by atoms with E-state index >= 15 is 0 Å². The summed E-state index contributed by atoms with van der Waals surface area (Å²) in [6.07, 6.45) is 0.842. The van der Waals surface area contributed by atoms with Crippen LogP contribution < -0.4 is 5.32 Å². The highest BCUT2D eigenvalue weighted by atomic mass is 32.1. The lowest BCUT2D eigenvalue weighted by atomic mass is 10.3. The van der Waals surface area contributed by atoms with Gasteiger partial charge in [0.25, 0.3) is 0 Å². The Kier molecular flexibility index (Phi) is 4.05. The number of rotatable bonds is 2. The zero-order valence-electron chi connectivity index (χ0n) is 7.42. The van der Waals surface area contributed by atoms with E-state index in [-0.39, 0.29) is 0 Å². The molecule has 0 saturated heterocycles. The zero-order chi connectivity index (χ0) is 9.52. The second kappa shape index (κ2) is 5.37. The summed E-state index contributed by atoms with van der Waals surface area (Å²) in [4.78, 5) is 0.720. The molecule has 0 aliphatic heterocycles. The maximum absolute atomic E-state index is 8.56. The molecule has 0 spiro atoms. The second-order valence-electron chi connectivity index (χ2n) is 2.47. The third kappa shape index (κ3) is 3.29. The molecule has 1 aromatic heterocycles. The van der Waals surface area contributed by atoms with Crippen molar-refractivity contribution in [3.05, 3.63) is 21.9 Å². The minimum absolute atomic E-state index is 0.720. The maximum Gasteiger partial charge on any atom is 0.110 e. The molecule has 0 atom stereocenters. The van der Waals surface area contributed by atoms with Gasteiger partial charge in [-0.1, -0.05) is 11.8 Å². The van der Waals surface area contributed by atoms with Crippen LogP contribution in [-0.2, 0) is 0 Å². The van der Waals surface area contributed by atoms with E-state index in [2.05, 4.69) is 23.2 Å². The van der Waals surface area contributed by atoms with E-state index in [4.69, 9.17) is 5.26 Å². The second-order valence-corrected chi connectivity index (χ2v) is 3.38. The first kappa shape index (κ1) is 9.80. The Morgan fingerprint density at radius 3 is 3.08 bits per heavy atom. The van der Waals surface area contributed by atoms with Gasteiger partial charge in [-0.15, -0.1) is 11.3 Å². The molecular weight excluding hydrogens is 180 g/mol. The quantitative estimate of drug-likeness (QED) is 0.567. The van der Waals surface area contributed by atoms with Crippen LogP contribution in [0.1, 0.15) is 16.9 Å². The van der Waals surface area contributed by atoms with Gasteiger partial charge in [0.05, 0.1) is 0 Å². The maximum atomic E-state index is 8.56. The Bertz CT molecular complexity index is 362. The van der Waals surface area contributed by atoms with Gasteiger partial charge in [-0.25, -0.2) is 0 Å². The third-order valence-electron chi connectivity index (χ3n) is 1.44. The first-order chi connectivity index (χ1) is 6.36. The highest BCUT2D eigenvalue weighted by Crippen LogP contribution is 2.11. The molecule has 3 heteroatoms. The smallest absolute Gasteiger partial charge is 0.110 e. The molecule has 0 unspecified atom stereocenters. The molecule has 0 bridgehead atoms. The molecular formula is C10H10N2S. The highest BCUT2D eigenvalue weighted by molar-refractivity contribution is 7.10. The number of thiophene rings is 1. The molecule has 1 aromatic rings. The van der Waals surface area contributed by atoms with Crippen LogP contribution in [0.25, 0.3) is 0 Å². The van der Waals surface area contributed by atoms with Gasteiger partial charge in [-0.2, -0.15) is 5.26 Å². The fourth-order valence-electron chi connectivity index (χ4n) is 0.812. The van der Waals surface area contributed by atoms with Gasteiger partial charge in [-0.05, 0) is 13.1 Å². The van der Waals surface area contributed by atoms with Crippen LogP contribution in [0.4, 0.5) is 0 Å². The summed E-state index contributed by atoms with van der Waals surface area (Å²) < 4.78 is 0. The number of nitrogens with one attached hydrogen (secondary N) is 1. The van der Waals surface area contributed by atoms with Crippen LogP contribution in [0.5, 0.6) is 0 Å². The largest absolute Gasteiger partial charge is 0.319 e. The minimum Gasteiger partial charge on any atom is -0.319 e. The summed E-state index contributed by atoms with van der Waals surface area (Å²) in [5, 5.41) is 13.5. The Labute approximate surface area is 82.2 Å². The first-order valence-corrected chi connectivity index (χ1v) is 4.87. The lowest BCUT2D eigenvalue weighted by Gasteiger charge is -1.86. The van der Waals surface area contributed by atoms with Crippen molar-refractivity contribution >= 4 is 11.3 Å². The Hall–Kier alpha value is -1.29. The molecule has 0 fully saturated rings. The van der Waals surface area contributed by atoms with E-state index in [1.807, 2.05) is 18.5 Å². The van der Waals surface area contributed by atoms with Crippen LogP contribution in [0.2, 0.25) is 0 Å². The summed E-state index contributed by atoms with van der Waals surface area (Å²) >= 11 is 1.43. The van der Waals surface area contributed by atoms with Crippen molar-refractivity contribution in [1.29, 1.82) is 5.26 Å². The lowest BCUT2D eigenvalue weighted by Crippen LogP contribution is -2.05. The summed E-state index contributed by atoms with van der Waals surface area (Å²) in [5.74, 6) is 6.03. The fraction of sp³-hybridized carbons (Fsp3) is 0.300. The Balaban J connectivity index is 2.52. The molecule has 0 aliphatic rings. The average Bonchev–Trinajstić information content (AvgIpc) is 2.60. The number of hydrogen-bond acceptors (Lipinski definition) is 3. The van der Waals surface area contributed by atoms with Gasteiger partial charge in [0, 0.05) is 23.9 Å². The number of nitriles is 1. The molecule has 13 heavy (non-hydrogen) atoms. The van der Waals surface area contributed by atoms with Crippen molar-refractivity contribution in [2.75, 3.05) is 13.6 Å². The van der Waals surface area contributed by atoms with Crippen LogP contribution >= 0.6 is 11.3 Å². The molecule has 66 valence electrons. The summed E-state index contributed by atoms with van der Waals surface area (Å²) in [5.41, 5.74) is 0.942. The van der Waals surface area contributed by atoms with E-state index in [0.717, 1.165) is 23.4 Å². The Morgan fingerprint density at radius 2 is 2.46 bits per heavy atom. The van der Waals surface area contributed by atoms with Crippen LogP contribution in [-0.4, -0.2) is 13.6 Å². The average molecular weight is 190 g/mol. The van der Waals surface area contributed by atoms with Gasteiger partial charge in [0.1, 0.15) is 10.9 Å². The van der Waals surface area contributed by atoms with Gasteiger partial charge in [0.15, 0.2) is 0 Å². The van der Waals surface area contributed by atoms with Gasteiger partial charge in [-0.3, -0.25) is 0 Å². The molecule has 0 radical (unpaired) electrons. The van der Waals surface area contributed by atoms with Crippen molar-refractivity contribution < 1.29 is 0 Å². The van der Waals surface area contributed by atoms with Crippen LogP contribution in [0.15, 0.2) is 11.4 Å². The van der Waals surface area contributed by atoms with Gasteiger partial charge in [0.2, 0.25) is 0 Å². The van der Waals surface area contributed by atoms with E-state index in [1.54, 1.807) is 0 Å². The van der Waals surface area contributed by atoms with Crippen molar-refractivity contribution in [3.8, 4) is 17.9 Å². The minimum atomic E-state index is 0.720. The van der Waals surface area contributed by atoms with Crippen molar-refractivity contribution in [1.82, 2.24) is 5.32 Å². The summed E-state index contributed by atoms with van der Waals surface area (Å²) in [7, 11) is 1.90. The predicted octanol–water partition coefficient (Wildman–Crippen LogP) is 1.58. The number of nitrogens with zero attached hydrogens (tertiary/aromatic N) is 1. The van der Waals surface area contributed by atoms with Gasteiger partial charge < -0.3 is 5.32 Å². The molecule has 2 nitrogen and oxygen atoms in total. The normalized spacial score (nSPS) is 8.62. The third-order valence-corrected chi connectivity index (χ3v) is 2.28. The Morgan fingerprint density at radius 1 is 1.62 bits per heavy atom. The van der Waals surface area contributed by atoms with E-state index in [9.17, 15) is 0 Å². The SMILES string of the molecule is CNCCC#Cc1csc(C#N)c1. The lowest BCUT2D eigenvalue weighted by molar-refractivity contribution is 0.818. The molecule has 1 heterocycles. The number of hydrogen-bond donors (Lipinski definition) is 1. The van der Waals surface area contributed by atoms with Crippen molar-refractivity contribution in [2.45, 2.75) is 6.42 Å². The first-order valence-electron chi connectivity index (χ1n) is 3.99. The fourth-order valence-corrected chi connectivity index (χ4v) is 1.44. The monoisotopic (exact) mass is 190 g/mol. The standard InChI is InChI=1S/C10H10N2S/c1-12-5-3-2-4-9-6-10(7-11)13-8-9/h6,8,12H,3,5H2,1H3. The van der Waals surface area contributed by atoms with Crippen LogP contribution in [0, 0.1) is 23.2 Å². The molecule has 0 amide bonds. The van der Waals surface area contributed by atoms with E-state index in [1.165, 1.54) is 11.3 Å². The summed E-state index contributed by atoms with van der Waals surface area (Å²) in [6, 6.07) is 3.90. The van der Waals surface area contributed by atoms with Crippen LogP contribution in [0.3, 0.4) is 0 Å². The zero-order valence-corrected chi connectivity index (χ0v) is 8.24. The molecule has 0 saturated carbocycles. The topological polar surface area (TPSA) is 35.8 Å². The molecule has 1 rings (SSSR count). The van der Waals surface area contributed by atoms with Gasteiger partial charge >= 0.3 is 0 Å². The van der Waals surface area contributed by atoms with Crippen molar-refractivity contribution in [3.63, 3.8) is 0 Å². The van der Waals surface area contributed by atoms with E-state index in [0.29, 0.717) is 0 Å². The summed E-state index contributed by atoms with van der Waals surface area (Å²) in [6.45, 7) is 0.905.